The van der Waals surface area contributed by atoms with Crippen LogP contribution < -0.4 is 11.1 Å². The fourth-order valence-electron chi connectivity index (χ4n) is 1.34. The number of rotatable bonds is 4. The van der Waals surface area contributed by atoms with E-state index in [1.807, 2.05) is 24.3 Å². The molecular formula is C11H14N2S. The minimum Gasteiger partial charge on any atom is -0.389 e. The second kappa shape index (κ2) is 3.96. The fourth-order valence-corrected chi connectivity index (χ4v) is 1.47. The summed E-state index contributed by atoms with van der Waals surface area (Å²) in [6.45, 7) is 1.09. The number of nitrogens with two attached hydrogens (primary N) is 1. The summed E-state index contributed by atoms with van der Waals surface area (Å²) in [6, 6.07) is 7.96. The Kier molecular flexibility index (Phi) is 2.68. The molecule has 74 valence electrons. The van der Waals surface area contributed by atoms with E-state index in [1.54, 1.807) is 0 Å². The van der Waals surface area contributed by atoms with Crippen molar-refractivity contribution >= 4 is 22.9 Å². The monoisotopic (exact) mass is 206 g/mol. The molecule has 0 saturated heterocycles. The largest absolute Gasteiger partial charge is 0.389 e. The van der Waals surface area contributed by atoms with Crippen LogP contribution in [0.5, 0.6) is 0 Å². The van der Waals surface area contributed by atoms with Crippen LogP contribution in [0.1, 0.15) is 18.4 Å². The normalized spacial score (nSPS) is 15.1. The van der Waals surface area contributed by atoms with E-state index in [9.17, 15) is 0 Å². The summed E-state index contributed by atoms with van der Waals surface area (Å²) in [6.07, 6.45) is 2.75. The van der Waals surface area contributed by atoms with E-state index in [0.717, 1.165) is 23.7 Å². The quantitative estimate of drug-likeness (QED) is 0.741. The maximum absolute atomic E-state index is 5.51. The Labute approximate surface area is 89.5 Å². The van der Waals surface area contributed by atoms with E-state index in [2.05, 4.69) is 5.32 Å². The lowest BCUT2D eigenvalue weighted by molar-refractivity contribution is 0.889. The fraction of sp³-hybridized carbons (Fsp3) is 0.364. The predicted octanol–water partition coefficient (Wildman–Crippen LogP) is 2.14. The van der Waals surface area contributed by atoms with Gasteiger partial charge in [-0.1, -0.05) is 12.2 Å². The van der Waals surface area contributed by atoms with Crippen molar-refractivity contribution in [3.8, 4) is 0 Å². The first-order chi connectivity index (χ1) is 6.75. The minimum absolute atomic E-state index is 0.457. The molecule has 0 atom stereocenters. The van der Waals surface area contributed by atoms with E-state index in [1.165, 1.54) is 12.8 Å². The van der Waals surface area contributed by atoms with Gasteiger partial charge in [-0.15, -0.1) is 0 Å². The number of anilines is 1. The van der Waals surface area contributed by atoms with Crippen LogP contribution in [0.15, 0.2) is 24.3 Å². The van der Waals surface area contributed by atoms with Crippen LogP contribution in [0.25, 0.3) is 0 Å². The molecule has 1 aromatic rings. The lowest BCUT2D eigenvalue weighted by atomic mass is 10.2. The highest BCUT2D eigenvalue weighted by Crippen LogP contribution is 2.28. The molecular weight excluding hydrogens is 192 g/mol. The number of benzene rings is 1. The Morgan fingerprint density at radius 3 is 2.50 bits per heavy atom. The van der Waals surface area contributed by atoms with Gasteiger partial charge in [0.05, 0.1) is 0 Å². The molecule has 0 amide bonds. The van der Waals surface area contributed by atoms with Crippen molar-refractivity contribution in [1.82, 2.24) is 0 Å². The lowest BCUT2D eigenvalue weighted by Gasteiger charge is -2.05. The molecule has 1 aliphatic carbocycles. The molecule has 2 nitrogen and oxygen atoms in total. The Hall–Kier alpha value is -1.09. The molecule has 3 heteroatoms. The van der Waals surface area contributed by atoms with Crippen molar-refractivity contribution in [2.45, 2.75) is 12.8 Å². The number of hydrogen-bond donors (Lipinski definition) is 2. The molecule has 3 N–H and O–H groups in total. The summed E-state index contributed by atoms with van der Waals surface area (Å²) < 4.78 is 0. The number of nitrogens with one attached hydrogen (secondary N) is 1. The minimum atomic E-state index is 0.457. The summed E-state index contributed by atoms with van der Waals surface area (Å²) in [7, 11) is 0. The first-order valence-corrected chi connectivity index (χ1v) is 5.30. The van der Waals surface area contributed by atoms with Crippen LogP contribution in [0, 0.1) is 5.92 Å². The standard InChI is InChI=1S/C11H14N2S/c12-11(14)9-3-5-10(6-4-9)13-7-8-1-2-8/h3-6,8,13H,1-2,7H2,(H2,12,14). The third-order valence-electron chi connectivity index (χ3n) is 2.46. The zero-order valence-electron chi connectivity index (χ0n) is 7.99. The van der Waals surface area contributed by atoms with Gasteiger partial charge < -0.3 is 11.1 Å². The molecule has 0 spiro atoms. The molecule has 0 aliphatic heterocycles. The second-order valence-corrected chi connectivity index (χ2v) is 4.21. The van der Waals surface area contributed by atoms with Gasteiger partial charge in [0.15, 0.2) is 0 Å². The van der Waals surface area contributed by atoms with Crippen LogP contribution in [0.4, 0.5) is 5.69 Å². The summed E-state index contributed by atoms with van der Waals surface area (Å²) >= 11 is 4.88. The van der Waals surface area contributed by atoms with Gasteiger partial charge >= 0.3 is 0 Å². The van der Waals surface area contributed by atoms with Crippen molar-refractivity contribution in [2.75, 3.05) is 11.9 Å². The molecule has 1 aromatic carbocycles. The first-order valence-electron chi connectivity index (χ1n) is 4.89. The van der Waals surface area contributed by atoms with Gasteiger partial charge in [0, 0.05) is 17.8 Å². The molecule has 1 fully saturated rings. The van der Waals surface area contributed by atoms with Crippen molar-refractivity contribution in [3.05, 3.63) is 29.8 Å². The smallest absolute Gasteiger partial charge is 0.103 e. The average molecular weight is 206 g/mol. The van der Waals surface area contributed by atoms with Crippen LogP contribution in [-0.4, -0.2) is 11.5 Å². The Balaban J connectivity index is 1.94. The molecule has 2 rings (SSSR count). The average Bonchev–Trinajstić information content (AvgIpc) is 2.99. The van der Waals surface area contributed by atoms with E-state index >= 15 is 0 Å². The molecule has 0 bridgehead atoms. The number of hydrogen-bond acceptors (Lipinski definition) is 2. The van der Waals surface area contributed by atoms with Gasteiger partial charge in [0.25, 0.3) is 0 Å². The zero-order chi connectivity index (χ0) is 9.97. The van der Waals surface area contributed by atoms with E-state index in [0.29, 0.717) is 4.99 Å². The van der Waals surface area contributed by atoms with E-state index in [4.69, 9.17) is 18.0 Å². The highest BCUT2D eigenvalue weighted by Gasteiger charge is 2.20. The van der Waals surface area contributed by atoms with Crippen molar-refractivity contribution in [2.24, 2.45) is 11.7 Å². The highest BCUT2D eigenvalue weighted by atomic mass is 32.1. The molecule has 0 radical (unpaired) electrons. The SMILES string of the molecule is NC(=S)c1ccc(NCC2CC2)cc1. The second-order valence-electron chi connectivity index (χ2n) is 3.77. The third-order valence-corrected chi connectivity index (χ3v) is 2.70. The van der Waals surface area contributed by atoms with E-state index in [-0.39, 0.29) is 0 Å². The summed E-state index contributed by atoms with van der Waals surface area (Å²) in [5, 5.41) is 3.39. The van der Waals surface area contributed by atoms with Gasteiger partial charge in [-0.3, -0.25) is 0 Å². The van der Waals surface area contributed by atoms with Crippen LogP contribution in [0.2, 0.25) is 0 Å². The van der Waals surface area contributed by atoms with Crippen molar-refractivity contribution < 1.29 is 0 Å². The van der Waals surface area contributed by atoms with Crippen LogP contribution in [-0.2, 0) is 0 Å². The first kappa shape index (κ1) is 9.46. The van der Waals surface area contributed by atoms with Gasteiger partial charge in [-0.2, -0.15) is 0 Å². The van der Waals surface area contributed by atoms with Crippen LogP contribution >= 0.6 is 12.2 Å². The maximum Gasteiger partial charge on any atom is 0.103 e. The van der Waals surface area contributed by atoms with Crippen LogP contribution in [0.3, 0.4) is 0 Å². The molecule has 0 heterocycles. The maximum atomic E-state index is 5.51. The number of thiocarbonyl (C=S) groups is 1. The molecule has 1 saturated carbocycles. The molecule has 0 aromatic heterocycles. The van der Waals surface area contributed by atoms with Gasteiger partial charge in [0.1, 0.15) is 4.99 Å². The molecule has 1 aliphatic rings. The van der Waals surface area contributed by atoms with Crippen molar-refractivity contribution in [1.29, 1.82) is 0 Å². The highest BCUT2D eigenvalue weighted by molar-refractivity contribution is 7.80. The van der Waals surface area contributed by atoms with Crippen molar-refractivity contribution in [3.63, 3.8) is 0 Å². The van der Waals surface area contributed by atoms with Gasteiger partial charge in [-0.05, 0) is 43.0 Å². The molecule has 0 unspecified atom stereocenters. The molecule has 14 heavy (non-hydrogen) atoms. The van der Waals surface area contributed by atoms with Gasteiger partial charge in [0.2, 0.25) is 0 Å². The van der Waals surface area contributed by atoms with Gasteiger partial charge in [-0.25, -0.2) is 0 Å². The Bertz CT molecular complexity index is 328. The summed E-state index contributed by atoms with van der Waals surface area (Å²) in [5.74, 6) is 0.894. The zero-order valence-corrected chi connectivity index (χ0v) is 8.81. The summed E-state index contributed by atoms with van der Waals surface area (Å²) in [4.78, 5) is 0.457. The summed E-state index contributed by atoms with van der Waals surface area (Å²) in [5.41, 5.74) is 7.58. The Morgan fingerprint density at radius 1 is 1.36 bits per heavy atom. The third kappa shape index (κ3) is 2.45. The Morgan fingerprint density at radius 2 is 2.00 bits per heavy atom. The lowest BCUT2D eigenvalue weighted by Crippen LogP contribution is -2.09. The van der Waals surface area contributed by atoms with E-state index < -0.39 is 0 Å². The topological polar surface area (TPSA) is 38.0 Å². The predicted molar refractivity (Wildman–Crippen MR) is 63.5 cm³/mol.